The normalized spacial score (nSPS) is 11.1. The average molecular weight is 354 g/mol. The van der Waals surface area contributed by atoms with E-state index in [0.717, 1.165) is 28.6 Å². The van der Waals surface area contributed by atoms with Gasteiger partial charge in [-0.05, 0) is 29.8 Å². The van der Waals surface area contributed by atoms with Gasteiger partial charge in [-0.1, -0.05) is 65.7 Å². The average Bonchev–Trinajstić information content (AvgIpc) is 3.04. The Labute approximate surface area is 149 Å². The van der Waals surface area contributed by atoms with Crippen LogP contribution in [0, 0.1) is 0 Å². The van der Waals surface area contributed by atoms with Gasteiger partial charge in [0.25, 0.3) is 0 Å². The lowest BCUT2D eigenvalue weighted by Gasteiger charge is -2.02. The van der Waals surface area contributed by atoms with Gasteiger partial charge < -0.3 is 4.42 Å². The number of aromatic nitrogens is 1. The molecule has 0 bridgehead atoms. The molecule has 0 aliphatic carbocycles. The second-order valence-electron chi connectivity index (χ2n) is 5.58. The molecule has 0 radical (unpaired) electrons. The molecule has 4 rings (SSSR count). The summed E-state index contributed by atoms with van der Waals surface area (Å²) in [4.78, 5) is 4.59. The highest BCUT2D eigenvalue weighted by atomic mass is 35.5. The van der Waals surface area contributed by atoms with Crippen molar-refractivity contribution in [1.82, 2.24) is 4.98 Å². The minimum Gasteiger partial charge on any atom is -0.436 e. The molecule has 0 amide bonds. The van der Waals surface area contributed by atoms with Gasteiger partial charge in [0.15, 0.2) is 5.58 Å². The summed E-state index contributed by atoms with van der Waals surface area (Å²) in [5.74, 6) is 0.545. The summed E-state index contributed by atoms with van der Waals surface area (Å²) >= 11 is 12.1. The first-order valence-electron chi connectivity index (χ1n) is 7.58. The van der Waals surface area contributed by atoms with Crippen LogP contribution in [0.4, 0.5) is 0 Å². The van der Waals surface area contributed by atoms with Crippen LogP contribution in [0.25, 0.3) is 22.6 Å². The standard InChI is InChI=1S/C20H13Cl2NO/c21-16-10-9-15(12-17(16)22)20-23-18-8-4-7-14(19(18)24-20)11-13-5-2-1-3-6-13/h1-10,12H,11H2. The lowest BCUT2D eigenvalue weighted by molar-refractivity contribution is 0.616. The Balaban J connectivity index is 1.78. The molecule has 0 aliphatic rings. The van der Waals surface area contributed by atoms with Crippen LogP contribution in [0.5, 0.6) is 0 Å². The van der Waals surface area contributed by atoms with Crippen LogP contribution in [-0.4, -0.2) is 4.98 Å². The van der Waals surface area contributed by atoms with Crippen LogP contribution >= 0.6 is 23.2 Å². The molecule has 1 aromatic heterocycles. The van der Waals surface area contributed by atoms with Gasteiger partial charge in [-0.2, -0.15) is 0 Å². The highest BCUT2D eigenvalue weighted by Crippen LogP contribution is 2.31. The molecule has 0 fully saturated rings. The van der Waals surface area contributed by atoms with Gasteiger partial charge in [0.05, 0.1) is 10.0 Å². The van der Waals surface area contributed by atoms with Crippen LogP contribution in [0.1, 0.15) is 11.1 Å². The summed E-state index contributed by atoms with van der Waals surface area (Å²) in [6, 6.07) is 21.7. The molecule has 0 atom stereocenters. The molecule has 24 heavy (non-hydrogen) atoms. The van der Waals surface area contributed by atoms with Crippen molar-refractivity contribution in [3.63, 3.8) is 0 Å². The first-order chi connectivity index (χ1) is 11.7. The number of benzene rings is 3. The van der Waals surface area contributed by atoms with Gasteiger partial charge in [-0.3, -0.25) is 0 Å². The Kier molecular flexibility index (Phi) is 4.01. The molecule has 4 heteroatoms. The predicted octanol–water partition coefficient (Wildman–Crippen LogP) is 6.39. The predicted molar refractivity (Wildman–Crippen MR) is 98.7 cm³/mol. The van der Waals surface area contributed by atoms with Crippen LogP contribution in [0.3, 0.4) is 0 Å². The number of hydrogen-bond acceptors (Lipinski definition) is 2. The summed E-state index contributed by atoms with van der Waals surface area (Å²) in [7, 11) is 0. The van der Waals surface area contributed by atoms with E-state index >= 15 is 0 Å². The van der Waals surface area contributed by atoms with Gasteiger partial charge in [0.2, 0.25) is 5.89 Å². The minimum absolute atomic E-state index is 0.487. The lowest BCUT2D eigenvalue weighted by atomic mass is 10.0. The highest BCUT2D eigenvalue weighted by molar-refractivity contribution is 6.42. The molecule has 0 saturated heterocycles. The fourth-order valence-corrected chi connectivity index (χ4v) is 3.01. The summed E-state index contributed by atoms with van der Waals surface area (Å²) in [6.07, 6.45) is 0.800. The molecule has 0 aliphatic heterocycles. The maximum absolute atomic E-state index is 6.10. The van der Waals surface area contributed by atoms with Crippen molar-refractivity contribution in [3.05, 3.63) is 87.9 Å². The van der Waals surface area contributed by atoms with Crippen LogP contribution < -0.4 is 0 Å². The number of oxazole rings is 1. The Morgan fingerprint density at radius 3 is 2.46 bits per heavy atom. The molecule has 0 N–H and O–H groups in total. The van der Waals surface area contributed by atoms with Gasteiger partial charge in [-0.25, -0.2) is 4.98 Å². The third-order valence-corrected chi connectivity index (χ3v) is 4.64. The third kappa shape index (κ3) is 2.91. The van der Waals surface area contributed by atoms with Crippen molar-refractivity contribution >= 4 is 34.3 Å². The Morgan fingerprint density at radius 2 is 1.67 bits per heavy atom. The van der Waals surface area contributed by atoms with E-state index in [2.05, 4.69) is 23.2 Å². The number of halogens is 2. The zero-order valence-corrected chi connectivity index (χ0v) is 14.2. The third-order valence-electron chi connectivity index (χ3n) is 3.90. The van der Waals surface area contributed by atoms with Crippen molar-refractivity contribution in [1.29, 1.82) is 0 Å². The molecule has 0 unspecified atom stereocenters. The van der Waals surface area contributed by atoms with E-state index in [1.807, 2.05) is 36.4 Å². The van der Waals surface area contributed by atoms with Crippen molar-refractivity contribution in [2.24, 2.45) is 0 Å². The molecule has 4 aromatic rings. The number of hydrogen-bond donors (Lipinski definition) is 0. The maximum Gasteiger partial charge on any atom is 0.227 e. The quantitative estimate of drug-likeness (QED) is 0.426. The van der Waals surface area contributed by atoms with E-state index in [1.54, 1.807) is 12.1 Å². The SMILES string of the molecule is Clc1ccc(-c2nc3cccc(Cc4ccccc4)c3o2)cc1Cl. The second-order valence-corrected chi connectivity index (χ2v) is 6.39. The fraction of sp³-hybridized carbons (Fsp3) is 0.0500. The summed E-state index contributed by atoms with van der Waals surface area (Å²) in [6.45, 7) is 0. The Hall–Kier alpha value is -2.29. The second kappa shape index (κ2) is 6.31. The summed E-state index contributed by atoms with van der Waals surface area (Å²) in [5.41, 5.74) is 4.80. The smallest absolute Gasteiger partial charge is 0.227 e. The van der Waals surface area contributed by atoms with Gasteiger partial charge in [0.1, 0.15) is 5.52 Å². The summed E-state index contributed by atoms with van der Waals surface area (Å²) < 4.78 is 6.04. The van der Waals surface area contributed by atoms with E-state index in [0.29, 0.717) is 15.9 Å². The Morgan fingerprint density at radius 1 is 0.833 bits per heavy atom. The van der Waals surface area contributed by atoms with Crippen molar-refractivity contribution in [3.8, 4) is 11.5 Å². The molecule has 118 valence electrons. The number of rotatable bonds is 3. The monoisotopic (exact) mass is 353 g/mol. The zero-order chi connectivity index (χ0) is 16.5. The van der Waals surface area contributed by atoms with Gasteiger partial charge in [-0.15, -0.1) is 0 Å². The molecule has 0 spiro atoms. The topological polar surface area (TPSA) is 26.0 Å². The van der Waals surface area contributed by atoms with Crippen molar-refractivity contribution < 1.29 is 4.42 Å². The van der Waals surface area contributed by atoms with Crippen molar-refractivity contribution in [2.45, 2.75) is 6.42 Å². The van der Waals surface area contributed by atoms with E-state index in [4.69, 9.17) is 27.6 Å². The number of para-hydroxylation sites is 1. The molecule has 2 nitrogen and oxygen atoms in total. The molecule has 0 saturated carbocycles. The van der Waals surface area contributed by atoms with Gasteiger partial charge in [0, 0.05) is 17.5 Å². The molecule has 3 aromatic carbocycles. The first-order valence-corrected chi connectivity index (χ1v) is 8.34. The highest BCUT2D eigenvalue weighted by Gasteiger charge is 2.13. The van der Waals surface area contributed by atoms with E-state index < -0.39 is 0 Å². The molecular formula is C20H13Cl2NO. The first kappa shape index (κ1) is 15.3. The van der Waals surface area contributed by atoms with E-state index in [9.17, 15) is 0 Å². The Bertz CT molecular complexity index is 1010. The van der Waals surface area contributed by atoms with E-state index in [-0.39, 0.29) is 0 Å². The minimum atomic E-state index is 0.487. The molecular weight excluding hydrogens is 341 g/mol. The van der Waals surface area contributed by atoms with Gasteiger partial charge >= 0.3 is 0 Å². The fourth-order valence-electron chi connectivity index (χ4n) is 2.71. The lowest BCUT2D eigenvalue weighted by Crippen LogP contribution is -1.87. The molecule has 1 heterocycles. The van der Waals surface area contributed by atoms with Crippen molar-refractivity contribution in [2.75, 3.05) is 0 Å². The number of nitrogens with zero attached hydrogens (tertiary/aromatic N) is 1. The van der Waals surface area contributed by atoms with E-state index in [1.165, 1.54) is 5.56 Å². The van der Waals surface area contributed by atoms with Crippen LogP contribution in [0.15, 0.2) is 71.1 Å². The van der Waals surface area contributed by atoms with Crippen LogP contribution in [0.2, 0.25) is 10.0 Å². The largest absolute Gasteiger partial charge is 0.436 e. The summed E-state index contributed by atoms with van der Waals surface area (Å²) in [5, 5.41) is 1.00. The van der Waals surface area contributed by atoms with Crippen LogP contribution in [-0.2, 0) is 6.42 Å². The zero-order valence-electron chi connectivity index (χ0n) is 12.7. The maximum atomic E-state index is 6.10. The number of fused-ring (bicyclic) bond motifs is 1.